The van der Waals surface area contributed by atoms with Gasteiger partial charge in [-0.25, -0.2) is 4.79 Å². The maximum absolute atomic E-state index is 12.3. The number of nitrogens with one attached hydrogen (secondary N) is 1. The monoisotopic (exact) mass is 290 g/mol. The predicted octanol–water partition coefficient (Wildman–Crippen LogP) is 1.56. The van der Waals surface area contributed by atoms with E-state index in [0.717, 1.165) is 31.2 Å². The van der Waals surface area contributed by atoms with Crippen LogP contribution in [0.15, 0.2) is 24.3 Å². The topological polar surface area (TPSA) is 92.4 Å². The maximum atomic E-state index is 12.3. The van der Waals surface area contributed by atoms with Gasteiger partial charge in [0.25, 0.3) is 0 Å². The van der Waals surface area contributed by atoms with Gasteiger partial charge in [-0.2, -0.15) is 0 Å². The molecule has 1 aromatic rings. The fraction of sp³-hybridized carbons (Fsp3) is 0.500. The van der Waals surface area contributed by atoms with E-state index in [0.29, 0.717) is 19.5 Å². The first kappa shape index (κ1) is 15.5. The van der Waals surface area contributed by atoms with Gasteiger partial charge < -0.3 is 16.2 Å². The summed E-state index contributed by atoms with van der Waals surface area (Å²) in [6.45, 7) is 0.900. The number of carboxylic acid groups (broad SMARTS) is 1. The van der Waals surface area contributed by atoms with Crippen LogP contribution in [-0.2, 0) is 11.2 Å². The Morgan fingerprint density at radius 1 is 1.29 bits per heavy atom. The molecule has 0 bridgehead atoms. The molecule has 0 atom stereocenters. The average molecular weight is 290 g/mol. The van der Waals surface area contributed by atoms with Crippen molar-refractivity contribution in [2.24, 2.45) is 11.1 Å². The Hall–Kier alpha value is -1.88. The Bertz CT molecular complexity index is 522. The van der Waals surface area contributed by atoms with Gasteiger partial charge in [0.15, 0.2) is 0 Å². The lowest BCUT2D eigenvalue weighted by Crippen LogP contribution is -2.44. The Morgan fingerprint density at radius 3 is 2.62 bits per heavy atom. The van der Waals surface area contributed by atoms with Gasteiger partial charge in [-0.1, -0.05) is 25.0 Å². The van der Waals surface area contributed by atoms with Crippen LogP contribution in [0.25, 0.3) is 0 Å². The zero-order chi connectivity index (χ0) is 15.3. The van der Waals surface area contributed by atoms with Gasteiger partial charge in [0.2, 0.25) is 5.91 Å². The normalized spacial score (nSPS) is 16.6. The van der Waals surface area contributed by atoms with Crippen molar-refractivity contribution in [2.75, 3.05) is 13.1 Å². The second kappa shape index (κ2) is 6.72. The molecule has 4 N–H and O–H groups in total. The van der Waals surface area contributed by atoms with Crippen molar-refractivity contribution >= 4 is 11.9 Å². The number of carbonyl (C=O) groups is 2. The molecule has 0 heterocycles. The predicted molar refractivity (Wildman–Crippen MR) is 80.1 cm³/mol. The van der Waals surface area contributed by atoms with E-state index < -0.39 is 5.97 Å². The number of hydrogen-bond acceptors (Lipinski definition) is 3. The third-order valence-corrected chi connectivity index (χ3v) is 4.31. The van der Waals surface area contributed by atoms with Crippen molar-refractivity contribution in [3.8, 4) is 0 Å². The van der Waals surface area contributed by atoms with E-state index in [1.165, 1.54) is 0 Å². The van der Waals surface area contributed by atoms with Crippen LogP contribution in [0.2, 0.25) is 0 Å². The number of aromatic carboxylic acids is 1. The second-order valence-corrected chi connectivity index (χ2v) is 5.70. The van der Waals surface area contributed by atoms with Crippen LogP contribution in [0.5, 0.6) is 0 Å². The highest BCUT2D eigenvalue weighted by Crippen LogP contribution is 2.37. The van der Waals surface area contributed by atoms with Crippen LogP contribution in [0.1, 0.15) is 41.6 Å². The second-order valence-electron chi connectivity index (χ2n) is 5.70. The van der Waals surface area contributed by atoms with E-state index >= 15 is 0 Å². The number of benzene rings is 1. The van der Waals surface area contributed by atoms with Crippen molar-refractivity contribution < 1.29 is 14.7 Å². The fourth-order valence-corrected chi connectivity index (χ4v) is 2.94. The highest BCUT2D eigenvalue weighted by molar-refractivity contribution is 5.87. The van der Waals surface area contributed by atoms with Gasteiger partial charge >= 0.3 is 5.97 Å². The lowest BCUT2D eigenvalue weighted by molar-refractivity contribution is -0.130. The summed E-state index contributed by atoms with van der Waals surface area (Å²) in [5.41, 5.74) is 6.57. The molecule has 0 aromatic heterocycles. The number of rotatable bonds is 6. The highest BCUT2D eigenvalue weighted by Gasteiger charge is 2.39. The zero-order valence-electron chi connectivity index (χ0n) is 12.1. The molecule has 5 heteroatoms. The molecule has 1 aromatic carbocycles. The smallest absolute Gasteiger partial charge is 0.335 e. The molecule has 0 aliphatic heterocycles. The molecule has 114 valence electrons. The third-order valence-electron chi connectivity index (χ3n) is 4.31. The number of nitrogens with two attached hydrogens (primary N) is 1. The summed E-state index contributed by atoms with van der Waals surface area (Å²) in [5, 5.41) is 11.9. The van der Waals surface area contributed by atoms with Crippen LogP contribution < -0.4 is 11.1 Å². The van der Waals surface area contributed by atoms with Gasteiger partial charge in [0.1, 0.15) is 0 Å². The van der Waals surface area contributed by atoms with E-state index in [9.17, 15) is 9.59 Å². The molecule has 0 saturated heterocycles. The van der Waals surface area contributed by atoms with Gasteiger partial charge in [0.05, 0.1) is 11.0 Å². The van der Waals surface area contributed by atoms with Crippen LogP contribution in [-0.4, -0.2) is 30.1 Å². The fourth-order valence-electron chi connectivity index (χ4n) is 2.94. The van der Waals surface area contributed by atoms with Crippen LogP contribution in [0.3, 0.4) is 0 Å². The average Bonchev–Trinajstić information content (AvgIpc) is 2.97. The molecular formula is C16H22N2O3. The van der Waals surface area contributed by atoms with Crippen LogP contribution in [0, 0.1) is 5.41 Å². The minimum atomic E-state index is -0.936. The first-order valence-electron chi connectivity index (χ1n) is 7.38. The number of carbonyl (C=O) groups excluding carboxylic acids is 1. The summed E-state index contributed by atoms with van der Waals surface area (Å²) in [7, 11) is 0. The molecule has 1 saturated carbocycles. The van der Waals surface area contributed by atoms with Crippen molar-refractivity contribution in [1.29, 1.82) is 0 Å². The molecule has 0 unspecified atom stereocenters. The van der Waals surface area contributed by atoms with Crippen molar-refractivity contribution in [2.45, 2.75) is 32.1 Å². The maximum Gasteiger partial charge on any atom is 0.335 e. The van der Waals surface area contributed by atoms with Crippen molar-refractivity contribution in [3.05, 3.63) is 35.4 Å². The van der Waals surface area contributed by atoms with E-state index in [2.05, 4.69) is 5.32 Å². The number of amides is 1. The standard InChI is InChI=1S/C16H22N2O3/c17-11-16(7-1-2-8-16)15(21)18-9-6-12-4-3-5-13(10-12)14(19)20/h3-5,10H,1-2,6-9,11,17H2,(H,18,21)(H,19,20). The first-order chi connectivity index (χ1) is 10.1. The molecular weight excluding hydrogens is 268 g/mol. The lowest BCUT2D eigenvalue weighted by atomic mass is 9.85. The molecule has 0 spiro atoms. The van der Waals surface area contributed by atoms with Crippen LogP contribution in [0.4, 0.5) is 0 Å². The molecule has 21 heavy (non-hydrogen) atoms. The van der Waals surface area contributed by atoms with Crippen LogP contribution >= 0.6 is 0 Å². The minimum absolute atomic E-state index is 0.0388. The SMILES string of the molecule is NCC1(C(=O)NCCc2cccc(C(=O)O)c2)CCCC1. The molecule has 1 fully saturated rings. The summed E-state index contributed by atoms with van der Waals surface area (Å²) >= 11 is 0. The number of hydrogen-bond donors (Lipinski definition) is 3. The summed E-state index contributed by atoms with van der Waals surface area (Å²) in [6, 6.07) is 6.79. The summed E-state index contributed by atoms with van der Waals surface area (Å²) in [6.07, 6.45) is 4.47. The Labute approximate surface area is 124 Å². The lowest BCUT2D eigenvalue weighted by Gasteiger charge is -2.25. The van der Waals surface area contributed by atoms with E-state index in [1.54, 1.807) is 18.2 Å². The van der Waals surface area contributed by atoms with Gasteiger partial charge in [-0.05, 0) is 37.0 Å². The molecule has 1 amide bonds. The molecule has 1 aliphatic rings. The first-order valence-corrected chi connectivity index (χ1v) is 7.38. The third kappa shape index (κ3) is 3.61. The van der Waals surface area contributed by atoms with Gasteiger partial charge in [-0.15, -0.1) is 0 Å². The van der Waals surface area contributed by atoms with E-state index in [-0.39, 0.29) is 16.9 Å². The molecule has 0 radical (unpaired) electrons. The molecule has 2 rings (SSSR count). The van der Waals surface area contributed by atoms with Crippen molar-refractivity contribution in [1.82, 2.24) is 5.32 Å². The minimum Gasteiger partial charge on any atom is -0.478 e. The zero-order valence-corrected chi connectivity index (χ0v) is 12.1. The Balaban J connectivity index is 1.88. The Morgan fingerprint density at radius 2 is 2.00 bits per heavy atom. The van der Waals surface area contributed by atoms with E-state index in [4.69, 9.17) is 10.8 Å². The quantitative estimate of drug-likeness (QED) is 0.741. The van der Waals surface area contributed by atoms with E-state index in [1.807, 2.05) is 6.07 Å². The van der Waals surface area contributed by atoms with Gasteiger partial charge in [0, 0.05) is 13.1 Å². The van der Waals surface area contributed by atoms with Gasteiger partial charge in [-0.3, -0.25) is 4.79 Å². The summed E-state index contributed by atoms with van der Waals surface area (Å²) < 4.78 is 0. The summed E-state index contributed by atoms with van der Waals surface area (Å²) in [5.74, 6) is -0.897. The summed E-state index contributed by atoms with van der Waals surface area (Å²) in [4.78, 5) is 23.2. The number of carboxylic acids is 1. The Kier molecular flexibility index (Phi) is 4.96. The highest BCUT2D eigenvalue weighted by atomic mass is 16.4. The largest absolute Gasteiger partial charge is 0.478 e. The van der Waals surface area contributed by atoms with Crippen molar-refractivity contribution in [3.63, 3.8) is 0 Å². The molecule has 5 nitrogen and oxygen atoms in total. The molecule has 1 aliphatic carbocycles.